The molecule has 0 saturated heterocycles. The van der Waals surface area contributed by atoms with Gasteiger partial charge in [0, 0.05) is 11.1 Å². The Morgan fingerprint density at radius 2 is 1.36 bits per heavy atom. The lowest BCUT2D eigenvalue weighted by atomic mass is 10.1. The number of aromatic hydroxyl groups is 1. The van der Waals surface area contributed by atoms with Crippen LogP contribution in [-0.4, -0.2) is 22.8 Å². The first-order valence-corrected chi connectivity index (χ1v) is 12.4. The largest absolute Gasteiger partial charge is 0.508 e. The zero-order valence-corrected chi connectivity index (χ0v) is 19.9. The van der Waals surface area contributed by atoms with Gasteiger partial charge in [-0.25, -0.2) is 4.79 Å². The number of hydrogen-bond acceptors (Lipinski definition) is 3. The van der Waals surface area contributed by atoms with E-state index in [2.05, 4.69) is 18.8 Å². The molecule has 4 nitrogen and oxygen atoms in total. The summed E-state index contributed by atoms with van der Waals surface area (Å²) in [5.74, 6) is 5.39. The van der Waals surface area contributed by atoms with Crippen molar-refractivity contribution in [2.45, 2.75) is 84.0 Å². The molecule has 0 aliphatic rings. The van der Waals surface area contributed by atoms with E-state index in [9.17, 15) is 15.0 Å². The molecule has 0 radical (unpaired) electrons. The summed E-state index contributed by atoms with van der Waals surface area (Å²) in [6.45, 7) is 2.77. The molecule has 0 aliphatic carbocycles. The first-order chi connectivity index (χ1) is 16.1. The SMILES string of the molecule is CCCCCCCCCCCCCCOc1ccc(C#Cc2cccc(O)c2)cc1C(=O)O. The summed E-state index contributed by atoms with van der Waals surface area (Å²) in [5, 5.41) is 19.1. The average Bonchev–Trinajstić information content (AvgIpc) is 2.81. The Labute approximate surface area is 199 Å². The summed E-state index contributed by atoms with van der Waals surface area (Å²) in [6, 6.07) is 11.6. The highest BCUT2D eigenvalue weighted by atomic mass is 16.5. The van der Waals surface area contributed by atoms with Crippen molar-refractivity contribution in [1.82, 2.24) is 0 Å². The number of ether oxygens (including phenoxy) is 1. The van der Waals surface area contributed by atoms with E-state index in [0.717, 1.165) is 12.8 Å². The average molecular weight is 451 g/mol. The fourth-order valence-electron chi connectivity index (χ4n) is 3.75. The number of aromatic carboxylic acids is 1. The van der Waals surface area contributed by atoms with Crippen molar-refractivity contribution in [3.8, 4) is 23.3 Å². The van der Waals surface area contributed by atoms with Crippen LogP contribution in [0.5, 0.6) is 11.5 Å². The third kappa shape index (κ3) is 11.0. The van der Waals surface area contributed by atoms with Gasteiger partial charge in [0.1, 0.15) is 17.1 Å². The fraction of sp³-hybridized carbons (Fsp3) is 0.483. The molecular weight excluding hydrogens is 412 g/mol. The van der Waals surface area contributed by atoms with E-state index >= 15 is 0 Å². The van der Waals surface area contributed by atoms with Crippen LogP contribution in [-0.2, 0) is 0 Å². The van der Waals surface area contributed by atoms with Gasteiger partial charge < -0.3 is 14.9 Å². The Morgan fingerprint density at radius 1 is 0.788 bits per heavy atom. The van der Waals surface area contributed by atoms with Gasteiger partial charge in [-0.15, -0.1) is 0 Å². The lowest BCUT2D eigenvalue weighted by molar-refractivity contribution is 0.0692. The molecule has 0 heterocycles. The lowest BCUT2D eigenvalue weighted by Crippen LogP contribution is -2.05. The van der Waals surface area contributed by atoms with Crippen molar-refractivity contribution in [2.24, 2.45) is 0 Å². The predicted octanol–water partition coefficient (Wildman–Crippen LogP) is 7.57. The van der Waals surface area contributed by atoms with Crippen molar-refractivity contribution >= 4 is 5.97 Å². The molecule has 0 aromatic heterocycles. The fourth-order valence-corrected chi connectivity index (χ4v) is 3.75. The molecular formula is C29H38O4. The summed E-state index contributed by atoms with van der Waals surface area (Å²) >= 11 is 0. The van der Waals surface area contributed by atoms with Crippen LogP contribution in [0, 0.1) is 11.8 Å². The van der Waals surface area contributed by atoms with Crippen LogP contribution in [0.25, 0.3) is 0 Å². The second-order valence-corrected chi connectivity index (χ2v) is 8.55. The van der Waals surface area contributed by atoms with Crippen LogP contribution in [0.3, 0.4) is 0 Å². The maximum atomic E-state index is 11.7. The number of carbonyl (C=O) groups is 1. The molecule has 2 aromatic carbocycles. The molecule has 2 aromatic rings. The molecule has 0 bridgehead atoms. The maximum absolute atomic E-state index is 11.7. The Balaban J connectivity index is 1.68. The van der Waals surface area contributed by atoms with Gasteiger partial charge in [0.15, 0.2) is 0 Å². The molecule has 0 aliphatic heterocycles. The van der Waals surface area contributed by atoms with Gasteiger partial charge in [-0.3, -0.25) is 0 Å². The summed E-state index contributed by atoms with van der Waals surface area (Å²) in [4.78, 5) is 11.7. The monoisotopic (exact) mass is 450 g/mol. The van der Waals surface area contributed by atoms with Crippen LogP contribution in [0.2, 0.25) is 0 Å². The Kier molecular flexibility index (Phi) is 12.6. The molecule has 0 unspecified atom stereocenters. The van der Waals surface area contributed by atoms with Gasteiger partial charge in [-0.2, -0.15) is 0 Å². The zero-order chi connectivity index (χ0) is 23.7. The van der Waals surface area contributed by atoms with Gasteiger partial charge in [0.25, 0.3) is 0 Å². The van der Waals surface area contributed by atoms with Gasteiger partial charge in [-0.05, 0) is 42.8 Å². The number of carboxylic acids is 1. The molecule has 0 spiro atoms. The van der Waals surface area contributed by atoms with Crippen molar-refractivity contribution in [3.05, 3.63) is 59.2 Å². The molecule has 0 saturated carbocycles. The predicted molar refractivity (Wildman–Crippen MR) is 134 cm³/mol. The number of carboxylic acid groups (broad SMARTS) is 1. The standard InChI is InChI=1S/C29H38O4/c1-2-3-4-5-6-7-8-9-10-11-12-13-21-33-28-20-19-25(23-27(28)29(31)32)18-17-24-15-14-16-26(30)22-24/h14-16,19-20,22-23,30H,2-13,21H2,1H3,(H,31,32). The van der Waals surface area contributed by atoms with Crippen molar-refractivity contribution in [2.75, 3.05) is 6.61 Å². The second kappa shape index (κ2) is 15.8. The topological polar surface area (TPSA) is 66.8 Å². The number of rotatable bonds is 15. The van der Waals surface area contributed by atoms with E-state index < -0.39 is 5.97 Å². The van der Waals surface area contributed by atoms with E-state index in [-0.39, 0.29) is 11.3 Å². The van der Waals surface area contributed by atoms with E-state index in [1.165, 1.54) is 70.3 Å². The minimum Gasteiger partial charge on any atom is -0.508 e. The van der Waals surface area contributed by atoms with Crippen LogP contribution in [0.1, 0.15) is 105 Å². The highest BCUT2D eigenvalue weighted by Gasteiger charge is 2.12. The first kappa shape index (κ1) is 26.3. The van der Waals surface area contributed by atoms with Gasteiger partial charge in [0.2, 0.25) is 0 Å². The highest BCUT2D eigenvalue weighted by Crippen LogP contribution is 2.21. The van der Waals surface area contributed by atoms with Crippen molar-refractivity contribution in [1.29, 1.82) is 0 Å². The quantitative estimate of drug-likeness (QED) is 0.217. The van der Waals surface area contributed by atoms with Crippen molar-refractivity contribution in [3.63, 3.8) is 0 Å². The molecule has 0 atom stereocenters. The number of unbranched alkanes of at least 4 members (excludes halogenated alkanes) is 11. The third-order valence-electron chi connectivity index (χ3n) is 5.66. The van der Waals surface area contributed by atoms with Crippen LogP contribution < -0.4 is 4.74 Å². The molecule has 178 valence electrons. The van der Waals surface area contributed by atoms with Gasteiger partial charge >= 0.3 is 5.97 Å². The summed E-state index contributed by atoms with van der Waals surface area (Å²) in [7, 11) is 0. The normalized spacial score (nSPS) is 10.5. The summed E-state index contributed by atoms with van der Waals surface area (Å²) < 4.78 is 5.76. The first-order valence-electron chi connectivity index (χ1n) is 12.4. The smallest absolute Gasteiger partial charge is 0.339 e. The molecule has 2 rings (SSSR count). The Bertz CT molecular complexity index is 907. The molecule has 4 heteroatoms. The zero-order valence-electron chi connectivity index (χ0n) is 19.9. The molecule has 0 fully saturated rings. The number of hydrogen-bond donors (Lipinski definition) is 2. The van der Waals surface area contributed by atoms with Crippen LogP contribution in [0.15, 0.2) is 42.5 Å². The number of phenolic OH excluding ortho intramolecular Hbond substituents is 1. The van der Waals surface area contributed by atoms with E-state index in [1.807, 2.05) is 0 Å². The molecule has 0 amide bonds. The second-order valence-electron chi connectivity index (χ2n) is 8.55. The Hall–Kier alpha value is -2.93. The summed E-state index contributed by atoms with van der Waals surface area (Å²) in [5.41, 5.74) is 1.38. The molecule has 2 N–H and O–H groups in total. The van der Waals surface area contributed by atoms with Crippen LogP contribution in [0.4, 0.5) is 0 Å². The van der Waals surface area contributed by atoms with E-state index in [1.54, 1.807) is 36.4 Å². The number of phenols is 1. The van der Waals surface area contributed by atoms with Crippen molar-refractivity contribution < 1.29 is 19.7 Å². The minimum absolute atomic E-state index is 0.122. The third-order valence-corrected chi connectivity index (χ3v) is 5.66. The lowest BCUT2D eigenvalue weighted by Gasteiger charge is -2.09. The maximum Gasteiger partial charge on any atom is 0.339 e. The highest BCUT2D eigenvalue weighted by molar-refractivity contribution is 5.91. The minimum atomic E-state index is -1.03. The Morgan fingerprint density at radius 3 is 1.94 bits per heavy atom. The van der Waals surface area contributed by atoms with E-state index in [0.29, 0.717) is 23.5 Å². The van der Waals surface area contributed by atoms with Gasteiger partial charge in [-0.1, -0.05) is 95.5 Å². The summed E-state index contributed by atoms with van der Waals surface area (Å²) in [6.07, 6.45) is 15.3. The van der Waals surface area contributed by atoms with Gasteiger partial charge in [0.05, 0.1) is 6.61 Å². The molecule has 33 heavy (non-hydrogen) atoms. The van der Waals surface area contributed by atoms with E-state index in [4.69, 9.17) is 4.74 Å². The number of benzene rings is 2. The van der Waals surface area contributed by atoms with Crippen LogP contribution >= 0.6 is 0 Å².